The lowest BCUT2D eigenvalue weighted by molar-refractivity contribution is -0.384. The number of hydrogen-bond acceptors (Lipinski definition) is 8. The van der Waals surface area contributed by atoms with Crippen LogP contribution in [-0.4, -0.2) is 32.5 Å². The van der Waals surface area contributed by atoms with Gasteiger partial charge < -0.3 is 9.30 Å². The fraction of sp³-hybridized carbons (Fsp3) is 0.161. The van der Waals surface area contributed by atoms with Crippen LogP contribution >= 0.6 is 11.3 Å². The molecule has 5 rings (SSSR count). The quantitative estimate of drug-likeness (QED) is 0.132. The van der Waals surface area contributed by atoms with Crippen molar-refractivity contribution in [2.45, 2.75) is 26.4 Å². The maximum atomic E-state index is 13.7. The first-order valence-corrected chi connectivity index (χ1v) is 14.0. The number of amides is 1. The Bertz CT molecular complexity index is 1890. The molecule has 42 heavy (non-hydrogen) atoms. The van der Waals surface area contributed by atoms with Gasteiger partial charge in [-0.05, 0) is 30.4 Å². The zero-order chi connectivity index (χ0) is 30.0. The Morgan fingerprint density at radius 3 is 2.45 bits per heavy atom. The number of ether oxygens (including phenoxy) is 1. The summed E-state index contributed by atoms with van der Waals surface area (Å²) < 4.78 is 6.98. The second-order valence-corrected chi connectivity index (χ2v) is 10.5. The predicted molar refractivity (Wildman–Crippen MR) is 162 cm³/mol. The van der Waals surface area contributed by atoms with E-state index in [9.17, 15) is 24.5 Å². The van der Waals surface area contributed by atoms with Gasteiger partial charge in [0.2, 0.25) is 0 Å². The Morgan fingerprint density at radius 1 is 1.05 bits per heavy atom. The van der Waals surface area contributed by atoms with Crippen LogP contribution < -0.4 is 10.9 Å². The van der Waals surface area contributed by atoms with E-state index in [1.54, 1.807) is 48.7 Å². The first-order valence-electron chi connectivity index (χ1n) is 13.1. The van der Waals surface area contributed by atoms with Gasteiger partial charge in [-0.2, -0.15) is 0 Å². The number of nitrogens with one attached hydrogen (secondary N) is 1. The van der Waals surface area contributed by atoms with Crippen LogP contribution in [0.4, 0.5) is 10.8 Å². The van der Waals surface area contributed by atoms with E-state index in [0.29, 0.717) is 27.6 Å². The molecule has 0 saturated carbocycles. The highest BCUT2D eigenvalue weighted by molar-refractivity contribution is 7.14. The lowest BCUT2D eigenvalue weighted by Gasteiger charge is -2.20. The van der Waals surface area contributed by atoms with Crippen molar-refractivity contribution in [3.8, 4) is 22.4 Å². The van der Waals surface area contributed by atoms with E-state index in [0.717, 1.165) is 22.5 Å². The molecule has 0 bridgehead atoms. The van der Waals surface area contributed by atoms with Gasteiger partial charge in [0.15, 0.2) is 11.2 Å². The lowest BCUT2D eigenvalue weighted by Crippen LogP contribution is -2.34. The maximum Gasteiger partial charge on any atom is 0.356 e. The van der Waals surface area contributed by atoms with Crippen LogP contribution in [-0.2, 0) is 16.6 Å². The molecule has 10 nitrogen and oxygen atoms in total. The van der Waals surface area contributed by atoms with Gasteiger partial charge in [-0.1, -0.05) is 67.1 Å². The number of pyridine rings is 1. The van der Waals surface area contributed by atoms with Gasteiger partial charge in [0.25, 0.3) is 17.2 Å². The fourth-order valence-corrected chi connectivity index (χ4v) is 5.37. The number of nitro benzene ring substituents is 1. The second kappa shape index (κ2) is 11.8. The minimum Gasteiger partial charge on any atom is -0.448 e. The standard InChI is InChI=1S/C31H26N4O6S/c1-4-25(28(36)33-31-32-24(17-42-31)20-8-7-9-21(16-20)35(39)40)41-30(38)27-26(19-14-12-18(2)13-15-19)22-10-5-6-11-23(22)29(37)34(27)3/h5-17,25H,4H2,1-3H3,(H,32,33,36). The van der Waals surface area contributed by atoms with Crippen molar-refractivity contribution in [1.29, 1.82) is 0 Å². The molecule has 11 heteroatoms. The zero-order valence-corrected chi connectivity index (χ0v) is 23.8. The molecule has 1 N–H and O–H groups in total. The molecule has 0 spiro atoms. The van der Waals surface area contributed by atoms with E-state index in [2.05, 4.69) is 10.3 Å². The largest absolute Gasteiger partial charge is 0.448 e. The molecule has 0 saturated heterocycles. The molecule has 5 aromatic rings. The first-order chi connectivity index (χ1) is 20.2. The Kier molecular flexibility index (Phi) is 7.94. The van der Waals surface area contributed by atoms with Gasteiger partial charge >= 0.3 is 5.97 Å². The van der Waals surface area contributed by atoms with Crippen LogP contribution in [0.15, 0.2) is 83.0 Å². The molecule has 212 valence electrons. The number of non-ortho nitro benzene ring substituents is 1. The highest BCUT2D eigenvalue weighted by Crippen LogP contribution is 2.32. The van der Waals surface area contributed by atoms with Gasteiger partial charge in [0.1, 0.15) is 5.69 Å². The van der Waals surface area contributed by atoms with Crippen LogP contribution in [0.2, 0.25) is 0 Å². The molecule has 0 aliphatic heterocycles. The van der Waals surface area contributed by atoms with Crippen molar-refractivity contribution >= 4 is 44.8 Å². The number of fused-ring (bicyclic) bond motifs is 1. The predicted octanol–water partition coefficient (Wildman–Crippen LogP) is 6.12. The second-order valence-electron chi connectivity index (χ2n) is 9.64. The van der Waals surface area contributed by atoms with Crippen LogP contribution in [0.1, 0.15) is 29.4 Å². The summed E-state index contributed by atoms with van der Waals surface area (Å²) in [4.78, 5) is 55.1. The van der Waals surface area contributed by atoms with E-state index >= 15 is 0 Å². The molecule has 0 fully saturated rings. The smallest absolute Gasteiger partial charge is 0.356 e. The number of nitrogens with zero attached hydrogens (tertiary/aromatic N) is 3. The summed E-state index contributed by atoms with van der Waals surface area (Å²) in [5, 5.41) is 16.8. The van der Waals surface area contributed by atoms with Gasteiger partial charge in [-0.25, -0.2) is 9.78 Å². The van der Waals surface area contributed by atoms with Crippen molar-refractivity contribution in [1.82, 2.24) is 9.55 Å². The van der Waals surface area contributed by atoms with Crippen LogP contribution in [0.25, 0.3) is 33.2 Å². The molecular weight excluding hydrogens is 556 g/mol. The maximum absolute atomic E-state index is 13.7. The highest BCUT2D eigenvalue weighted by atomic mass is 32.1. The average Bonchev–Trinajstić information content (AvgIpc) is 3.46. The Morgan fingerprint density at radius 2 is 1.76 bits per heavy atom. The van der Waals surface area contributed by atoms with Crippen molar-refractivity contribution in [2.75, 3.05) is 5.32 Å². The van der Waals surface area contributed by atoms with Crippen LogP contribution in [0, 0.1) is 17.0 Å². The van der Waals surface area contributed by atoms with Crippen molar-refractivity contribution in [3.05, 3.63) is 110 Å². The Hall–Kier alpha value is -5.16. The number of nitro groups is 1. The van der Waals surface area contributed by atoms with Crippen LogP contribution in [0.5, 0.6) is 0 Å². The molecule has 3 aromatic carbocycles. The van der Waals surface area contributed by atoms with Gasteiger partial charge in [0, 0.05) is 41.1 Å². The number of anilines is 1. The molecular formula is C31H26N4O6S. The Labute approximate surface area is 244 Å². The minimum atomic E-state index is -1.17. The number of aromatic nitrogens is 2. The van der Waals surface area contributed by atoms with Gasteiger partial charge in [-0.3, -0.25) is 25.0 Å². The summed E-state index contributed by atoms with van der Waals surface area (Å²) in [7, 11) is 1.51. The monoisotopic (exact) mass is 582 g/mol. The molecule has 2 aromatic heterocycles. The topological polar surface area (TPSA) is 133 Å². The molecule has 0 radical (unpaired) electrons. The summed E-state index contributed by atoms with van der Waals surface area (Å²) in [6.45, 7) is 3.66. The molecule has 1 unspecified atom stereocenters. The number of benzene rings is 3. The minimum absolute atomic E-state index is 0.0380. The van der Waals surface area contributed by atoms with E-state index < -0.39 is 22.9 Å². The number of rotatable bonds is 8. The Balaban J connectivity index is 1.43. The van der Waals surface area contributed by atoms with Gasteiger partial charge in [-0.15, -0.1) is 11.3 Å². The van der Waals surface area contributed by atoms with E-state index in [1.807, 2.05) is 31.2 Å². The number of hydrogen-bond donors (Lipinski definition) is 1. The number of esters is 1. The SMILES string of the molecule is CCC(OC(=O)c1c(-c2ccc(C)cc2)c2ccccc2c(=O)n1C)C(=O)Nc1nc(-c2cccc([N+](=O)[O-])c2)cs1. The van der Waals surface area contributed by atoms with Crippen LogP contribution in [0.3, 0.4) is 0 Å². The lowest BCUT2D eigenvalue weighted by atomic mass is 9.96. The molecule has 1 atom stereocenters. The third-order valence-electron chi connectivity index (χ3n) is 6.84. The van der Waals surface area contributed by atoms with Gasteiger partial charge in [0.05, 0.1) is 10.6 Å². The molecule has 1 amide bonds. The van der Waals surface area contributed by atoms with E-state index in [4.69, 9.17) is 4.74 Å². The normalized spacial score (nSPS) is 11.7. The van der Waals surface area contributed by atoms with Crippen molar-refractivity contribution in [3.63, 3.8) is 0 Å². The number of aryl methyl sites for hydroxylation is 1. The average molecular weight is 583 g/mol. The van der Waals surface area contributed by atoms with Crippen molar-refractivity contribution < 1.29 is 19.2 Å². The zero-order valence-electron chi connectivity index (χ0n) is 23.0. The van der Waals surface area contributed by atoms with Crippen molar-refractivity contribution in [2.24, 2.45) is 7.05 Å². The highest BCUT2D eigenvalue weighted by Gasteiger charge is 2.28. The summed E-state index contributed by atoms with van der Waals surface area (Å²) in [6, 6.07) is 20.7. The summed E-state index contributed by atoms with van der Waals surface area (Å²) in [5.41, 5.74) is 2.90. The third kappa shape index (κ3) is 5.54. The van der Waals surface area contributed by atoms with E-state index in [-0.39, 0.29) is 28.5 Å². The molecule has 0 aliphatic carbocycles. The summed E-state index contributed by atoms with van der Waals surface area (Å²) in [5.74, 6) is -1.40. The summed E-state index contributed by atoms with van der Waals surface area (Å²) >= 11 is 1.14. The number of thiazole rings is 1. The first kappa shape index (κ1) is 28.4. The molecule has 2 heterocycles. The number of carbonyl (C=O) groups excluding carboxylic acids is 2. The fourth-order valence-electron chi connectivity index (χ4n) is 4.65. The summed E-state index contributed by atoms with van der Waals surface area (Å²) in [6.07, 6.45) is -1.00. The third-order valence-corrected chi connectivity index (χ3v) is 7.59. The number of carbonyl (C=O) groups is 2. The van der Waals surface area contributed by atoms with E-state index in [1.165, 1.54) is 23.7 Å². The molecule has 0 aliphatic rings.